The van der Waals surface area contributed by atoms with Crippen molar-refractivity contribution in [3.8, 4) is 5.88 Å². The molecular formula is C16H18N6O3. The number of fused-ring (bicyclic) bond motifs is 1. The number of nitrogens with zero attached hydrogens (tertiary/aromatic N) is 5. The molecule has 0 aliphatic carbocycles. The number of rotatable bonds is 6. The number of anilines is 1. The molecule has 1 N–H and O–H groups in total. The maximum absolute atomic E-state index is 12.3. The van der Waals surface area contributed by atoms with Gasteiger partial charge in [0, 0.05) is 24.6 Å². The Morgan fingerprint density at radius 1 is 1.24 bits per heavy atom. The molecule has 9 nitrogen and oxygen atoms in total. The first-order valence-corrected chi connectivity index (χ1v) is 7.67. The molecule has 0 saturated carbocycles. The van der Waals surface area contributed by atoms with Gasteiger partial charge in [0.2, 0.25) is 11.7 Å². The van der Waals surface area contributed by atoms with Crippen LogP contribution in [0.1, 0.15) is 22.0 Å². The lowest BCUT2D eigenvalue weighted by Crippen LogP contribution is -2.14. The van der Waals surface area contributed by atoms with Gasteiger partial charge in [-0.15, -0.1) is 5.10 Å². The smallest absolute Gasteiger partial charge is 0.295 e. The SMILES string of the molecule is COCCOc1ccc(NC(=O)c2nc3nc(C)cc(C)n3n2)cn1. The first kappa shape index (κ1) is 16.8. The quantitative estimate of drug-likeness (QED) is 0.676. The van der Waals surface area contributed by atoms with Crippen LogP contribution in [0.2, 0.25) is 0 Å². The third-order valence-electron chi connectivity index (χ3n) is 3.35. The lowest BCUT2D eigenvalue weighted by Gasteiger charge is -2.06. The zero-order valence-electron chi connectivity index (χ0n) is 14.2. The zero-order valence-corrected chi connectivity index (χ0v) is 14.2. The average Bonchev–Trinajstić information content (AvgIpc) is 3.01. The monoisotopic (exact) mass is 342 g/mol. The fourth-order valence-corrected chi connectivity index (χ4v) is 2.22. The van der Waals surface area contributed by atoms with Crippen molar-refractivity contribution in [2.24, 2.45) is 0 Å². The molecule has 130 valence electrons. The van der Waals surface area contributed by atoms with Crippen LogP contribution in [0.4, 0.5) is 5.69 Å². The molecule has 0 atom stereocenters. The van der Waals surface area contributed by atoms with E-state index < -0.39 is 5.91 Å². The lowest BCUT2D eigenvalue weighted by molar-refractivity contribution is 0.101. The first-order chi connectivity index (χ1) is 12.1. The highest BCUT2D eigenvalue weighted by Crippen LogP contribution is 2.13. The minimum Gasteiger partial charge on any atom is -0.475 e. The Kier molecular flexibility index (Phi) is 4.85. The lowest BCUT2D eigenvalue weighted by atomic mass is 10.4. The van der Waals surface area contributed by atoms with E-state index in [0.29, 0.717) is 30.6 Å². The van der Waals surface area contributed by atoms with Crippen molar-refractivity contribution in [3.05, 3.63) is 41.6 Å². The number of nitrogens with one attached hydrogen (secondary N) is 1. The van der Waals surface area contributed by atoms with Crippen molar-refractivity contribution in [1.82, 2.24) is 24.6 Å². The second kappa shape index (κ2) is 7.22. The Morgan fingerprint density at radius 3 is 2.80 bits per heavy atom. The second-order valence-corrected chi connectivity index (χ2v) is 5.37. The molecule has 0 fully saturated rings. The molecule has 0 saturated heterocycles. The van der Waals surface area contributed by atoms with E-state index in [9.17, 15) is 4.79 Å². The minimum atomic E-state index is -0.433. The van der Waals surface area contributed by atoms with Gasteiger partial charge in [-0.05, 0) is 26.0 Å². The summed E-state index contributed by atoms with van der Waals surface area (Å²) in [6, 6.07) is 5.23. The summed E-state index contributed by atoms with van der Waals surface area (Å²) in [5.41, 5.74) is 2.19. The normalized spacial score (nSPS) is 10.8. The largest absolute Gasteiger partial charge is 0.475 e. The highest BCUT2D eigenvalue weighted by atomic mass is 16.5. The van der Waals surface area contributed by atoms with Crippen LogP contribution in [0.15, 0.2) is 24.4 Å². The molecule has 9 heteroatoms. The number of aryl methyl sites for hydroxylation is 2. The molecule has 3 aromatic heterocycles. The fraction of sp³-hybridized carbons (Fsp3) is 0.312. The third kappa shape index (κ3) is 3.89. The van der Waals surface area contributed by atoms with E-state index in [2.05, 4.69) is 25.4 Å². The number of carbonyl (C=O) groups excluding carboxylic acids is 1. The van der Waals surface area contributed by atoms with Gasteiger partial charge in [-0.2, -0.15) is 4.98 Å². The standard InChI is InChI=1S/C16H18N6O3/c1-10-8-11(2)22-16(18-10)20-14(21-22)15(23)19-12-4-5-13(17-9-12)25-7-6-24-3/h4-5,8-9H,6-7H2,1-3H3,(H,19,23). The summed E-state index contributed by atoms with van der Waals surface area (Å²) in [5.74, 6) is 0.456. The van der Waals surface area contributed by atoms with Gasteiger partial charge in [0.05, 0.1) is 18.5 Å². The molecule has 1 amide bonds. The van der Waals surface area contributed by atoms with Crippen LogP contribution < -0.4 is 10.1 Å². The van der Waals surface area contributed by atoms with Crippen LogP contribution in [0.3, 0.4) is 0 Å². The molecule has 3 rings (SSSR count). The minimum absolute atomic E-state index is 0.0432. The highest BCUT2D eigenvalue weighted by Gasteiger charge is 2.15. The van der Waals surface area contributed by atoms with E-state index in [0.717, 1.165) is 11.4 Å². The Labute approximate surface area is 144 Å². The Balaban J connectivity index is 1.70. The van der Waals surface area contributed by atoms with Crippen LogP contribution in [0, 0.1) is 13.8 Å². The van der Waals surface area contributed by atoms with Gasteiger partial charge in [0.15, 0.2) is 0 Å². The molecule has 3 aromatic rings. The first-order valence-electron chi connectivity index (χ1n) is 7.67. The Morgan fingerprint density at radius 2 is 2.08 bits per heavy atom. The van der Waals surface area contributed by atoms with Gasteiger partial charge in [-0.25, -0.2) is 14.5 Å². The number of aromatic nitrogens is 5. The zero-order chi connectivity index (χ0) is 17.8. The van der Waals surface area contributed by atoms with Crippen molar-refractivity contribution in [2.45, 2.75) is 13.8 Å². The number of hydrogen-bond acceptors (Lipinski definition) is 7. The molecule has 0 aliphatic rings. The summed E-state index contributed by atoms with van der Waals surface area (Å²) in [4.78, 5) is 24.9. The molecule has 0 radical (unpaired) electrons. The topological polar surface area (TPSA) is 104 Å². The molecule has 0 bridgehead atoms. The van der Waals surface area contributed by atoms with E-state index in [-0.39, 0.29) is 5.82 Å². The predicted molar refractivity (Wildman–Crippen MR) is 89.8 cm³/mol. The van der Waals surface area contributed by atoms with Crippen molar-refractivity contribution < 1.29 is 14.3 Å². The van der Waals surface area contributed by atoms with E-state index in [1.807, 2.05) is 19.9 Å². The Bertz CT molecular complexity index is 891. The fourth-order valence-electron chi connectivity index (χ4n) is 2.22. The van der Waals surface area contributed by atoms with Gasteiger partial charge in [-0.1, -0.05) is 0 Å². The molecular weight excluding hydrogens is 324 g/mol. The molecule has 25 heavy (non-hydrogen) atoms. The third-order valence-corrected chi connectivity index (χ3v) is 3.35. The molecule has 0 unspecified atom stereocenters. The van der Waals surface area contributed by atoms with Crippen LogP contribution in [-0.2, 0) is 4.74 Å². The van der Waals surface area contributed by atoms with E-state index in [1.165, 1.54) is 10.7 Å². The number of ether oxygens (including phenoxy) is 2. The number of amides is 1. The summed E-state index contributed by atoms with van der Waals surface area (Å²) in [5, 5.41) is 6.89. The number of methoxy groups -OCH3 is 1. The Hall–Kier alpha value is -3.07. The van der Waals surface area contributed by atoms with Crippen LogP contribution in [-0.4, -0.2) is 50.8 Å². The summed E-state index contributed by atoms with van der Waals surface area (Å²) in [6.07, 6.45) is 1.50. The summed E-state index contributed by atoms with van der Waals surface area (Å²) in [7, 11) is 1.60. The van der Waals surface area contributed by atoms with Crippen molar-refractivity contribution in [1.29, 1.82) is 0 Å². The van der Waals surface area contributed by atoms with Crippen LogP contribution in [0.25, 0.3) is 5.78 Å². The molecule has 0 aliphatic heterocycles. The molecule has 0 spiro atoms. The van der Waals surface area contributed by atoms with Gasteiger partial charge < -0.3 is 14.8 Å². The van der Waals surface area contributed by atoms with Gasteiger partial charge >= 0.3 is 0 Å². The number of carbonyl (C=O) groups is 1. The van der Waals surface area contributed by atoms with Crippen molar-refractivity contribution in [2.75, 3.05) is 25.6 Å². The van der Waals surface area contributed by atoms with Gasteiger partial charge in [0.25, 0.3) is 11.7 Å². The summed E-state index contributed by atoms with van der Waals surface area (Å²) < 4.78 is 11.8. The van der Waals surface area contributed by atoms with E-state index >= 15 is 0 Å². The van der Waals surface area contributed by atoms with E-state index in [4.69, 9.17) is 9.47 Å². The maximum atomic E-state index is 12.3. The van der Waals surface area contributed by atoms with Gasteiger partial charge in [-0.3, -0.25) is 4.79 Å². The van der Waals surface area contributed by atoms with Gasteiger partial charge in [0.1, 0.15) is 6.61 Å². The van der Waals surface area contributed by atoms with Crippen LogP contribution >= 0.6 is 0 Å². The maximum Gasteiger partial charge on any atom is 0.295 e. The number of pyridine rings is 1. The summed E-state index contributed by atoms with van der Waals surface area (Å²) in [6.45, 7) is 4.63. The van der Waals surface area contributed by atoms with Crippen molar-refractivity contribution in [3.63, 3.8) is 0 Å². The molecule has 0 aromatic carbocycles. The van der Waals surface area contributed by atoms with Crippen LogP contribution in [0.5, 0.6) is 5.88 Å². The number of hydrogen-bond donors (Lipinski definition) is 1. The average molecular weight is 342 g/mol. The van der Waals surface area contributed by atoms with Crippen molar-refractivity contribution >= 4 is 17.4 Å². The second-order valence-electron chi connectivity index (χ2n) is 5.37. The van der Waals surface area contributed by atoms with E-state index in [1.54, 1.807) is 19.2 Å². The predicted octanol–water partition coefficient (Wildman–Crippen LogP) is 1.41. The highest BCUT2D eigenvalue weighted by molar-refractivity contribution is 6.01. The summed E-state index contributed by atoms with van der Waals surface area (Å²) >= 11 is 0. The molecule has 3 heterocycles.